The molecule has 10 N–H and O–H groups in total. The van der Waals surface area contributed by atoms with Crippen molar-refractivity contribution < 1.29 is 67.8 Å². The van der Waals surface area contributed by atoms with Crippen LogP contribution in [0.4, 0.5) is 0 Å². The van der Waals surface area contributed by atoms with Gasteiger partial charge in [0.2, 0.25) is 17.7 Å². The van der Waals surface area contributed by atoms with Crippen molar-refractivity contribution in [3.05, 3.63) is 0 Å². The Balaban J connectivity index is 2.97. The predicted octanol–water partition coefficient (Wildman–Crippen LogP) is 7.22. The van der Waals surface area contributed by atoms with E-state index in [9.17, 15) is 44.1 Å². The number of esters is 3. The van der Waals surface area contributed by atoms with Crippen molar-refractivity contribution in [2.75, 3.05) is 32.9 Å². The third-order valence-corrected chi connectivity index (χ3v) is 14.1. The second kappa shape index (κ2) is 45.4. The molecule has 1 aliphatic heterocycles. The maximum Gasteiger partial charge on any atom is 0.306 e. The van der Waals surface area contributed by atoms with Crippen LogP contribution in [0.1, 0.15) is 240 Å². The zero-order valence-corrected chi connectivity index (χ0v) is 47.6. The number of nitrogens with one attached hydrogen (secondary N) is 1. The largest absolute Gasteiger partial charge is 0.462 e. The Morgan fingerprint density at radius 2 is 1.08 bits per heavy atom. The summed E-state index contributed by atoms with van der Waals surface area (Å²) in [6, 6.07) is -3.79. The molecule has 19 nitrogen and oxygen atoms in total. The quantitative estimate of drug-likeness (QED) is 0.0180. The summed E-state index contributed by atoms with van der Waals surface area (Å²) in [6.07, 6.45) is 23.3. The van der Waals surface area contributed by atoms with Gasteiger partial charge in [0, 0.05) is 32.7 Å². The van der Waals surface area contributed by atoms with Gasteiger partial charge in [-0.05, 0) is 45.6 Å². The number of unbranched alkanes of at least 4 members (excludes halogenated alkanes) is 25. The Hall–Kier alpha value is -3.46. The van der Waals surface area contributed by atoms with Crippen LogP contribution in [0.3, 0.4) is 0 Å². The number of carbonyl (C=O) groups is 6. The molecule has 9 atom stereocenters. The number of aliphatic hydroxyl groups excluding tert-OH is 3. The van der Waals surface area contributed by atoms with Crippen LogP contribution < -0.4 is 22.5 Å². The number of hydrogen-bond acceptors (Lipinski definition) is 16. The highest BCUT2D eigenvalue weighted by Crippen LogP contribution is 2.25. The van der Waals surface area contributed by atoms with Crippen LogP contribution in [-0.4, -0.2) is 144 Å². The summed E-state index contributed by atoms with van der Waals surface area (Å²) < 4.78 is 28.2. The number of nitrogens with zero attached hydrogens (tertiary/aromatic N) is 1. The molecule has 0 aromatic carbocycles. The van der Waals surface area contributed by atoms with Gasteiger partial charge < -0.3 is 66.4 Å². The lowest BCUT2D eigenvalue weighted by Crippen LogP contribution is -2.65. The first-order valence-electron chi connectivity index (χ1n) is 29.7. The van der Waals surface area contributed by atoms with E-state index < -0.39 is 110 Å². The zero-order chi connectivity index (χ0) is 56.4. The fraction of sp³-hybridized carbons (Fsp3) is 0.895. The minimum atomic E-state index is -1.67. The predicted molar refractivity (Wildman–Crippen MR) is 293 cm³/mol. The number of amides is 3. The van der Waals surface area contributed by atoms with Gasteiger partial charge in [-0.1, -0.05) is 174 Å². The van der Waals surface area contributed by atoms with Gasteiger partial charge in [-0.2, -0.15) is 0 Å². The number of rotatable bonds is 49. The molecule has 0 spiro atoms. The molecular weight excluding hydrogens is 979 g/mol. The molecule has 1 rings (SSSR count). The van der Waals surface area contributed by atoms with Gasteiger partial charge in [0.05, 0.1) is 18.8 Å². The highest BCUT2D eigenvalue weighted by Gasteiger charge is 2.47. The maximum absolute atomic E-state index is 14.0. The Morgan fingerprint density at radius 3 is 1.51 bits per heavy atom. The summed E-state index contributed by atoms with van der Waals surface area (Å²) in [5, 5.41) is 34.0. The normalized spacial score (nSPS) is 19.0. The van der Waals surface area contributed by atoms with Crippen molar-refractivity contribution >= 4 is 35.6 Å². The first-order valence-corrected chi connectivity index (χ1v) is 29.7. The van der Waals surface area contributed by atoms with Gasteiger partial charge in [0.15, 0.2) is 12.4 Å². The number of carbonyl (C=O) groups excluding carboxylic acids is 6. The van der Waals surface area contributed by atoms with E-state index in [-0.39, 0.29) is 38.8 Å². The first kappa shape index (κ1) is 70.6. The van der Waals surface area contributed by atoms with Crippen molar-refractivity contribution in [1.29, 1.82) is 0 Å². The van der Waals surface area contributed by atoms with Crippen LogP contribution >= 0.6 is 0 Å². The summed E-state index contributed by atoms with van der Waals surface area (Å²) in [6.45, 7) is 5.76. The summed E-state index contributed by atoms with van der Waals surface area (Å²) >= 11 is 0. The van der Waals surface area contributed by atoms with E-state index in [1.54, 1.807) is 0 Å². The fourth-order valence-corrected chi connectivity index (χ4v) is 9.60. The molecular formula is C57H107N5O14. The van der Waals surface area contributed by atoms with Crippen LogP contribution in [0, 0.1) is 0 Å². The highest BCUT2D eigenvalue weighted by atomic mass is 16.6. The minimum absolute atomic E-state index is 0.153. The highest BCUT2D eigenvalue weighted by molar-refractivity contribution is 5.89. The summed E-state index contributed by atoms with van der Waals surface area (Å²) in [5.41, 5.74) is 17.9. The van der Waals surface area contributed by atoms with Crippen molar-refractivity contribution in [3.63, 3.8) is 0 Å². The molecule has 1 unspecified atom stereocenters. The first-order chi connectivity index (χ1) is 36.6. The van der Waals surface area contributed by atoms with E-state index in [0.717, 1.165) is 43.4 Å². The van der Waals surface area contributed by atoms with Crippen molar-refractivity contribution in [3.8, 4) is 0 Å². The van der Waals surface area contributed by atoms with E-state index in [1.807, 2.05) is 0 Å². The second-order valence-electron chi connectivity index (χ2n) is 21.2. The van der Waals surface area contributed by atoms with Gasteiger partial charge in [0.1, 0.15) is 43.6 Å². The second-order valence-corrected chi connectivity index (χ2v) is 21.2. The van der Waals surface area contributed by atoms with Gasteiger partial charge in [-0.3, -0.25) is 28.8 Å². The molecule has 76 heavy (non-hydrogen) atoms. The molecule has 0 aliphatic carbocycles. The lowest BCUT2D eigenvalue weighted by molar-refractivity contribution is -0.268. The zero-order valence-electron chi connectivity index (χ0n) is 47.6. The fourth-order valence-electron chi connectivity index (χ4n) is 9.60. The standard InChI is InChI=1S/C57H107N5O14/c1-5-7-9-11-13-15-17-19-21-23-25-27-29-34-49(65)72-41-45(75-51(67)35-30-28-26-24-22-20-18-16-14-12-10-8-6-2)42-73-50(66)37-36-47(55(60)69)62(56(70)46(59)33-31-32-38-58)39-43(3)74-54-52(61-44(4)64)57(71)76-48(40-63)53(54)68/h43,45-48,52-54,57,63,68,71H,5-42,58-59H2,1-4H3,(H2,60,69)(H,61,64)/t43?,45-,46+,47-,48-,52-,53-,54-,57+/m1/s1. The molecule has 1 heterocycles. The molecule has 0 saturated carbocycles. The number of primary amides is 1. The number of nitrogens with two attached hydrogens (primary N) is 3. The summed E-state index contributed by atoms with van der Waals surface area (Å²) in [7, 11) is 0. The third kappa shape index (κ3) is 33.7. The van der Waals surface area contributed by atoms with Crippen molar-refractivity contribution in [2.45, 2.75) is 295 Å². The van der Waals surface area contributed by atoms with Crippen molar-refractivity contribution in [1.82, 2.24) is 10.2 Å². The molecule has 3 amide bonds. The lowest BCUT2D eigenvalue weighted by atomic mass is 9.96. The van der Waals surface area contributed by atoms with Crippen molar-refractivity contribution in [2.24, 2.45) is 17.2 Å². The Bertz CT molecular complexity index is 1550. The van der Waals surface area contributed by atoms with Crippen LogP contribution in [0.5, 0.6) is 0 Å². The van der Waals surface area contributed by atoms with Gasteiger partial charge in [-0.25, -0.2) is 0 Å². The molecule has 444 valence electrons. The monoisotopic (exact) mass is 1090 g/mol. The molecule has 1 fully saturated rings. The molecule has 1 saturated heterocycles. The molecule has 19 heteroatoms. The maximum atomic E-state index is 14.0. The molecule has 1 aliphatic rings. The van der Waals surface area contributed by atoms with Crippen LogP contribution in [-0.2, 0) is 52.5 Å². The number of aliphatic hydroxyl groups is 3. The number of hydrogen-bond donors (Lipinski definition) is 7. The Kier molecular flexibility index (Phi) is 42.2. The van der Waals surface area contributed by atoms with Gasteiger partial charge in [0.25, 0.3) is 0 Å². The average molecular weight is 1090 g/mol. The summed E-state index contributed by atoms with van der Waals surface area (Å²) in [4.78, 5) is 79.6. The van der Waals surface area contributed by atoms with E-state index >= 15 is 0 Å². The average Bonchev–Trinajstić information content (AvgIpc) is 3.38. The van der Waals surface area contributed by atoms with E-state index in [2.05, 4.69) is 19.2 Å². The summed E-state index contributed by atoms with van der Waals surface area (Å²) in [5.74, 6) is -3.96. The molecule has 0 aromatic rings. The Morgan fingerprint density at radius 1 is 0.632 bits per heavy atom. The third-order valence-electron chi connectivity index (χ3n) is 14.1. The minimum Gasteiger partial charge on any atom is -0.462 e. The smallest absolute Gasteiger partial charge is 0.306 e. The van der Waals surface area contributed by atoms with Crippen LogP contribution in [0.15, 0.2) is 0 Å². The lowest BCUT2D eigenvalue weighted by Gasteiger charge is -2.44. The topological polar surface area (TPSA) is 303 Å². The molecule has 0 bridgehead atoms. The van der Waals surface area contributed by atoms with Crippen LogP contribution in [0.2, 0.25) is 0 Å². The SMILES string of the molecule is CCCCCCCCCCCCCCCC(=O)OC[C@H](COC(=O)CC[C@H](C(N)=O)N(CC(C)O[C@H]1[C@H](O)[C@@H](CO)O[C@H](O)[C@@H]1NC(C)=O)C(=O)[C@@H](N)CCCCN)OC(=O)CCCCCCCCCCCCCCC. The van der Waals surface area contributed by atoms with E-state index in [1.165, 1.54) is 129 Å². The van der Waals surface area contributed by atoms with Crippen LogP contribution in [0.25, 0.3) is 0 Å². The van der Waals surface area contributed by atoms with Gasteiger partial charge >= 0.3 is 17.9 Å². The Labute approximate surface area is 456 Å². The van der Waals surface area contributed by atoms with E-state index in [0.29, 0.717) is 32.2 Å². The van der Waals surface area contributed by atoms with E-state index in [4.69, 9.17) is 40.9 Å². The molecule has 0 radical (unpaired) electrons. The van der Waals surface area contributed by atoms with Gasteiger partial charge in [-0.15, -0.1) is 0 Å². The molecule has 0 aromatic heterocycles. The number of ether oxygens (including phenoxy) is 5.